The fourth-order valence-corrected chi connectivity index (χ4v) is 3.29. The molecule has 16 heavy (non-hydrogen) atoms. The molecule has 0 aromatic carbocycles. The summed E-state index contributed by atoms with van der Waals surface area (Å²) in [6.07, 6.45) is 11.3. The molecule has 0 bridgehead atoms. The number of hydrogen-bond acceptors (Lipinski definition) is 3. The Labute approximate surface area is 98.8 Å². The average Bonchev–Trinajstić information content (AvgIpc) is 2.70. The van der Waals surface area contributed by atoms with Crippen LogP contribution >= 0.6 is 0 Å². The zero-order valence-electron chi connectivity index (χ0n) is 10.0. The van der Waals surface area contributed by atoms with E-state index in [4.69, 9.17) is 12.2 Å². The van der Waals surface area contributed by atoms with E-state index in [9.17, 15) is 0 Å². The van der Waals surface area contributed by atoms with Crippen LogP contribution in [0.5, 0.6) is 0 Å². The summed E-state index contributed by atoms with van der Waals surface area (Å²) in [7, 11) is 0. The molecule has 2 unspecified atom stereocenters. The van der Waals surface area contributed by atoms with Crippen molar-refractivity contribution < 1.29 is 0 Å². The van der Waals surface area contributed by atoms with Gasteiger partial charge in [0, 0.05) is 37.6 Å². The van der Waals surface area contributed by atoms with Crippen molar-refractivity contribution in [2.24, 2.45) is 5.73 Å². The topological polar surface area (TPSA) is 41.3 Å². The van der Waals surface area contributed by atoms with Gasteiger partial charge in [-0.3, -0.25) is 4.90 Å². The second-order valence-electron chi connectivity index (χ2n) is 5.04. The summed E-state index contributed by atoms with van der Waals surface area (Å²) in [4.78, 5) is 2.61. The number of terminal acetylenes is 1. The molecule has 2 aliphatic heterocycles. The third-order valence-corrected chi connectivity index (χ3v) is 4.21. The number of nitrogens with zero attached hydrogens (tertiary/aromatic N) is 1. The summed E-state index contributed by atoms with van der Waals surface area (Å²) >= 11 is 0. The first-order valence-corrected chi connectivity index (χ1v) is 6.45. The summed E-state index contributed by atoms with van der Waals surface area (Å²) in [5.74, 6) is 2.69. The molecule has 0 radical (unpaired) electrons. The van der Waals surface area contributed by atoms with Crippen LogP contribution in [0, 0.1) is 12.3 Å². The van der Waals surface area contributed by atoms with Crippen molar-refractivity contribution in [3.63, 3.8) is 0 Å². The Morgan fingerprint density at radius 1 is 1.44 bits per heavy atom. The number of hydrogen-bond donors (Lipinski definition) is 2. The van der Waals surface area contributed by atoms with E-state index in [1.165, 1.54) is 38.8 Å². The van der Waals surface area contributed by atoms with Crippen molar-refractivity contribution in [3.8, 4) is 12.3 Å². The molecule has 0 spiro atoms. The molecule has 3 nitrogen and oxygen atoms in total. The number of nitrogens with two attached hydrogens (primary N) is 1. The van der Waals surface area contributed by atoms with E-state index in [-0.39, 0.29) is 5.54 Å². The summed E-state index contributed by atoms with van der Waals surface area (Å²) in [5, 5.41) is 3.64. The predicted octanol–water partition coefficient (Wildman–Crippen LogP) is 0.555. The zero-order valence-corrected chi connectivity index (χ0v) is 10.0. The van der Waals surface area contributed by atoms with Gasteiger partial charge in [0.15, 0.2) is 0 Å². The van der Waals surface area contributed by atoms with E-state index < -0.39 is 0 Å². The van der Waals surface area contributed by atoms with E-state index in [1.807, 2.05) is 0 Å². The van der Waals surface area contributed by atoms with Crippen molar-refractivity contribution in [1.82, 2.24) is 10.2 Å². The molecule has 90 valence electrons. The van der Waals surface area contributed by atoms with Crippen molar-refractivity contribution in [3.05, 3.63) is 0 Å². The Balaban J connectivity index is 2.00. The smallest absolute Gasteiger partial charge is 0.0473 e. The Bertz CT molecular complexity index is 271. The van der Waals surface area contributed by atoms with Gasteiger partial charge < -0.3 is 11.1 Å². The van der Waals surface area contributed by atoms with E-state index >= 15 is 0 Å². The monoisotopic (exact) mass is 221 g/mol. The first kappa shape index (κ1) is 11.9. The lowest BCUT2D eigenvalue weighted by atomic mass is 9.85. The quantitative estimate of drug-likeness (QED) is 0.538. The van der Waals surface area contributed by atoms with Crippen LogP contribution in [0.2, 0.25) is 0 Å². The Morgan fingerprint density at radius 3 is 3.06 bits per heavy atom. The average molecular weight is 221 g/mol. The summed E-state index contributed by atoms with van der Waals surface area (Å²) < 4.78 is 0. The minimum atomic E-state index is 0.136. The van der Waals surface area contributed by atoms with Crippen molar-refractivity contribution in [2.45, 2.75) is 43.7 Å². The molecular formula is C13H23N3. The highest BCUT2D eigenvalue weighted by molar-refractivity contribution is 5.07. The Hall–Kier alpha value is -0.560. The van der Waals surface area contributed by atoms with E-state index in [0.29, 0.717) is 6.04 Å². The van der Waals surface area contributed by atoms with Crippen LogP contribution in [0.1, 0.15) is 32.1 Å². The molecule has 0 aromatic heterocycles. The maximum atomic E-state index is 6.02. The van der Waals surface area contributed by atoms with Gasteiger partial charge in [-0.25, -0.2) is 0 Å². The van der Waals surface area contributed by atoms with Gasteiger partial charge in [0.2, 0.25) is 0 Å². The van der Waals surface area contributed by atoms with Crippen LogP contribution in [0.15, 0.2) is 0 Å². The van der Waals surface area contributed by atoms with Gasteiger partial charge in [0.1, 0.15) is 0 Å². The van der Waals surface area contributed by atoms with Gasteiger partial charge in [-0.05, 0) is 25.8 Å². The second-order valence-corrected chi connectivity index (χ2v) is 5.04. The molecule has 0 aliphatic carbocycles. The summed E-state index contributed by atoms with van der Waals surface area (Å²) in [6, 6.07) is 0.643. The molecule has 2 heterocycles. The van der Waals surface area contributed by atoms with E-state index in [2.05, 4.69) is 16.1 Å². The van der Waals surface area contributed by atoms with Crippen molar-refractivity contribution >= 4 is 0 Å². The molecule has 2 saturated heterocycles. The number of rotatable bonds is 4. The summed E-state index contributed by atoms with van der Waals surface area (Å²) in [5.41, 5.74) is 6.15. The van der Waals surface area contributed by atoms with E-state index in [1.54, 1.807) is 0 Å². The molecule has 2 aliphatic rings. The lowest BCUT2D eigenvalue weighted by Gasteiger charge is -2.40. The van der Waals surface area contributed by atoms with Crippen molar-refractivity contribution in [1.29, 1.82) is 0 Å². The largest absolute Gasteiger partial charge is 0.329 e. The molecule has 0 aromatic rings. The number of fused-ring (bicyclic) bond motifs is 1. The first-order valence-electron chi connectivity index (χ1n) is 6.45. The molecule has 2 atom stereocenters. The van der Waals surface area contributed by atoms with Crippen molar-refractivity contribution in [2.75, 3.05) is 26.2 Å². The van der Waals surface area contributed by atoms with Crippen LogP contribution in [0.3, 0.4) is 0 Å². The fourth-order valence-electron chi connectivity index (χ4n) is 3.29. The maximum absolute atomic E-state index is 6.02. The Morgan fingerprint density at radius 2 is 2.31 bits per heavy atom. The fraction of sp³-hybridized carbons (Fsp3) is 0.846. The zero-order chi connectivity index (χ0) is 11.4. The lowest BCUT2D eigenvalue weighted by molar-refractivity contribution is 0.141. The minimum absolute atomic E-state index is 0.136. The summed E-state index contributed by atoms with van der Waals surface area (Å²) in [6.45, 7) is 4.09. The SMILES string of the molecule is C#CCCNC1(CN)CCN2CCCCC21. The Kier molecular flexibility index (Phi) is 3.86. The third kappa shape index (κ3) is 2.10. The molecule has 0 saturated carbocycles. The number of piperidine rings is 1. The highest BCUT2D eigenvalue weighted by Gasteiger charge is 2.46. The van der Waals surface area contributed by atoms with Gasteiger partial charge in [0.05, 0.1) is 0 Å². The lowest BCUT2D eigenvalue weighted by Crippen LogP contribution is -2.60. The molecule has 0 amide bonds. The minimum Gasteiger partial charge on any atom is -0.329 e. The van der Waals surface area contributed by atoms with Crippen LogP contribution < -0.4 is 11.1 Å². The predicted molar refractivity (Wildman–Crippen MR) is 67.1 cm³/mol. The highest BCUT2D eigenvalue weighted by atomic mass is 15.3. The van der Waals surface area contributed by atoms with Gasteiger partial charge in [-0.2, -0.15) is 0 Å². The third-order valence-electron chi connectivity index (χ3n) is 4.21. The van der Waals surface area contributed by atoms with Gasteiger partial charge in [0.25, 0.3) is 0 Å². The van der Waals surface area contributed by atoms with Gasteiger partial charge in [-0.1, -0.05) is 6.42 Å². The van der Waals surface area contributed by atoms with Gasteiger partial charge in [-0.15, -0.1) is 12.3 Å². The van der Waals surface area contributed by atoms with Gasteiger partial charge >= 0.3 is 0 Å². The molecule has 2 fully saturated rings. The molecule has 3 N–H and O–H groups in total. The second kappa shape index (κ2) is 5.18. The maximum Gasteiger partial charge on any atom is 0.0473 e. The molecule has 3 heteroatoms. The van der Waals surface area contributed by atoms with Crippen LogP contribution in [0.25, 0.3) is 0 Å². The normalized spacial score (nSPS) is 34.6. The molecular weight excluding hydrogens is 198 g/mol. The van der Waals surface area contributed by atoms with Crippen LogP contribution in [-0.2, 0) is 0 Å². The molecule has 2 rings (SSSR count). The van der Waals surface area contributed by atoms with Crippen LogP contribution in [-0.4, -0.2) is 42.7 Å². The van der Waals surface area contributed by atoms with E-state index in [0.717, 1.165) is 19.5 Å². The van der Waals surface area contributed by atoms with Crippen LogP contribution in [0.4, 0.5) is 0 Å². The first-order chi connectivity index (χ1) is 7.82. The highest BCUT2D eigenvalue weighted by Crippen LogP contribution is 2.34. The standard InChI is InChI=1S/C13H23N3/c1-2-3-8-15-13(11-14)7-10-16-9-5-4-6-12(13)16/h1,12,15H,3-11,14H2. The number of nitrogens with one attached hydrogen (secondary N) is 1.